The number of benzene rings is 2. The van der Waals surface area contributed by atoms with E-state index in [0.717, 1.165) is 26.6 Å². The van der Waals surface area contributed by atoms with Gasteiger partial charge in [-0.1, -0.05) is 17.8 Å². The summed E-state index contributed by atoms with van der Waals surface area (Å²) in [6.45, 7) is 1.94. The fourth-order valence-electron chi connectivity index (χ4n) is 1.77. The van der Waals surface area contributed by atoms with Crippen molar-refractivity contribution in [2.45, 2.75) is 23.1 Å². The molecule has 0 radical (unpaired) electrons. The minimum absolute atomic E-state index is 0.0681. The average Bonchev–Trinajstić information content (AvgIpc) is 2.35. The van der Waals surface area contributed by atoms with E-state index in [0.29, 0.717) is 0 Å². The maximum atomic E-state index is 10.7. The van der Waals surface area contributed by atoms with Crippen LogP contribution in [0.3, 0.4) is 0 Å². The molecule has 2 rings (SSSR count). The highest BCUT2D eigenvalue weighted by molar-refractivity contribution is 7.99. The van der Waals surface area contributed by atoms with Gasteiger partial charge in [-0.25, -0.2) is 0 Å². The Bertz CT molecular complexity index is 594. The zero-order chi connectivity index (χ0) is 13.8. The summed E-state index contributed by atoms with van der Waals surface area (Å²) in [5.74, 6) is -0.804. The Morgan fingerprint density at radius 1 is 1.16 bits per heavy atom. The second-order valence-corrected chi connectivity index (χ2v) is 5.48. The van der Waals surface area contributed by atoms with E-state index in [1.807, 2.05) is 49.4 Å². The molecule has 0 atom stereocenters. The molecule has 0 saturated carbocycles. The SMILES string of the molecule is Cc1cc(Sc2ccc(N)cc2)ccc1CC(=O)O. The largest absolute Gasteiger partial charge is 0.481 e. The summed E-state index contributed by atoms with van der Waals surface area (Å²) in [5, 5.41) is 8.80. The number of nitrogen functional groups attached to an aromatic ring is 1. The molecule has 3 nitrogen and oxygen atoms in total. The summed E-state index contributed by atoms with van der Waals surface area (Å²) >= 11 is 1.64. The number of hydrogen-bond donors (Lipinski definition) is 2. The zero-order valence-electron chi connectivity index (χ0n) is 10.6. The minimum atomic E-state index is -0.804. The maximum absolute atomic E-state index is 10.7. The summed E-state index contributed by atoms with van der Waals surface area (Å²) < 4.78 is 0. The summed E-state index contributed by atoms with van der Waals surface area (Å²) in [5.41, 5.74) is 8.25. The molecule has 0 fully saturated rings. The maximum Gasteiger partial charge on any atom is 0.307 e. The van der Waals surface area contributed by atoms with Crippen LogP contribution < -0.4 is 5.73 Å². The van der Waals surface area contributed by atoms with Crippen LogP contribution >= 0.6 is 11.8 Å². The fraction of sp³-hybridized carbons (Fsp3) is 0.133. The minimum Gasteiger partial charge on any atom is -0.481 e. The smallest absolute Gasteiger partial charge is 0.307 e. The molecule has 0 amide bonds. The first-order valence-corrected chi connectivity index (χ1v) is 6.71. The Balaban J connectivity index is 2.15. The first-order chi connectivity index (χ1) is 9.04. The van der Waals surface area contributed by atoms with Crippen LogP contribution in [0.15, 0.2) is 52.3 Å². The highest BCUT2D eigenvalue weighted by Crippen LogP contribution is 2.29. The van der Waals surface area contributed by atoms with Crippen molar-refractivity contribution < 1.29 is 9.90 Å². The van der Waals surface area contributed by atoms with Crippen molar-refractivity contribution >= 4 is 23.4 Å². The van der Waals surface area contributed by atoms with E-state index in [4.69, 9.17) is 10.8 Å². The van der Waals surface area contributed by atoms with Gasteiger partial charge in [0.25, 0.3) is 0 Å². The molecular weight excluding hydrogens is 258 g/mol. The fourth-order valence-corrected chi connectivity index (χ4v) is 2.68. The van der Waals surface area contributed by atoms with Crippen LogP contribution in [0.4, 0.5) is 5.69 Å². The number of carboxylic acid groups (broad SMARTS) is 1. The molecular formula is C15H15NO2S. The number of nitrogens with two attached hydrogens (primary N) is 1. The normalized spacial score (nSPS) is 10.4. The Morgan fingerprint density at radius 3 is 2.37 bits per heavy atom. The van der Waals surface area contributed by atoms with Gasteiger partial charge >= 0.3 is 5.97 Å². The van der Waals surface area contributed by atoms with Crippen LogP contribution in [0.2, 0.25) is 0 Å². The van der Waals surface area contributed by atoms with Crippen molar-refractivity contribution in [2.75, 3.05) is 5.73 Å². The van der Waals surface area contributed by atoms with Crippen molar-refractivity contribution in [3.63, 3.8) is 0 Å². The van der Waals surface area contributed by atoms with Gasteiger partial charge in [0.15, 0.2) is 0 Å². The summed E-state index contributed by atoms with van der Waals surface area (Å²) in [6, 6.07) is 13.5. The highest BCUT2D eigenvalue weighted by atomic mass is 32.2. The molecule has 0 aliphatic rings. The van der Waals surface area contributed by atoms with Crippen LogP contribution in [0.1, 0.15) is 11.1 Å². The van der Waals surface area contributed by atoms with E-state index in [2.05, 4.69) is 0 Å². The van der Waals surface area contributed by atoms with Crippen LogP contribution in [-0.4, -0.2) is 11.1 Å². The molecule has 0 aliphatic heterocycles. The molecule has 0 bridgehead atoms. The van der Waals surface area contributed by atoms with Gasteiger partial charge in [0.1, 0.15) is 0 Å². The number of aryl methyl sites for hydroxylation is 1. The van der Waals surface area contributed by atoms with Gasteiger partial charge in [-0.2, -0.15) is 0 Å². The molecule has 0 heterocycles. The van der Waals surface area contributed by atoms with Crippen molar-refractivity contribution in [3.8, 4) is 0 Å². The van der Waals surface area contributed by atoms with Gasteiger partial charge in [-0.3, -0.25) is 4.79 Å². The zero-order valence-corrected chi connectivity index (χ0v) is 11.4. The number of anilines is 1. The first-order valence-electron chi connectivity index (χ1n) is 5.89. The van der Waals surface area contributed by atoms with Gasteiger partial charge in [-0.05, 0) is 54.4 Å². The van der Waals surface area contributed by atoms with Crippen molar-refractivity contribution in [2.24, 2.45) is 0 Å². The van der Waals surface area contributed by atoms with Gasteiger partial charge in [-0.15, -0.1) is 0 Å². The monoisotopic (exact) mass is 273 g/mol. The molecule has 19 heavy (non-hydrogen) atoms. The summed E-state index contributed by atoms with van der Waals surface area (Å²) in [4.78, 5) is 12.9. The van der Waals surface area contributed by atoms with Crippen LogP contribution in [0.5, 0.6) is 0 Å². The molecule has 2 aromatic rings. The van der Waals surface area contributed by atoms with Gasteiger partial charge in [0, 0.05) is 15.5 Å². The molecule has 0 spiro atoms. The van der Waals surface area contributed by atoms with Crippen molar-refractivity contribution in [1.82, 2.24) is 0 Å². The Kier molecular flexibility index (Phi) is 4.12. The first kappa shape index (κ1) is 13.5. The van der Waals surface area contributed by atoms with Crippen molar-refractivity contribution in [1.29, 1.82) is 0 Å². The summed E-state index contributed by atoms with van der Waals surface area (Å²) in [6.07, 6.45) is 0.0681. The van der Waals surface area contributed by atoms with Crippen molar-refractivity contribution in [3.05, 3.63) is 53.6 Å². The third kappa shape index (κ3) is 3.76. The van der Waals surface area contributed by atoms with Crippen LogP contribution in [-0.2, 0) is 11.2 Å². The van der Waals surface area contributed by atoms with Crippen LogP contribution in [0.25, 0.3) is 0 Å². The third-order valence-electron chi connectivity index (χ3n) is 2.77. The Morgan fingerprint density at radius 2 is 1.79 bits per heavy atom. The predicted molar refractivity (Wildman–Crippen MR) is 77.5 cm³/mol. The molecule has 0 saturated heterocycles. The molecule has 0 unspecified atom stereocenters. The highest BCUT2D eigenvalue weighted by Gasteiger charge is 2.05. The number of carboxylic acids is 1. The lowest BCUT2D eigenvalue weighted by Crippen LogP contribution is -2.01. The van der Waals surface area contributed by atoms with E-state index in [1.165, 1.54) is 0 Å². The van der Waals surface area contributed by atoms with Gasteiger partial charge < -0.3 is 10.8 Å². The number of aliphatic carboxylic acids is 1. The molecule has 98 valence electrons. The van der Waals surface area contributed by atoms with E-state index < -0.39 is 5.97 Å². The topological polar surface area (TPSA) is 63.3 Å². The number of carbonyl (C=O) groups is 1. The van der Waals surface area contributed by atoms with E-state index in [-0.39, 0.29) is 6.42 Å². The number of hydrogen-bond acceptors (Lipinski definition) is 3. The Hall–Kier alpha value is -1.94. The standard InChI is InChI=1S/C15H15NO2S/c1-10-8-14(5-2-11(10)9-15(17)18)19-13-6-3-12(16)4-7-13/h2-8H,9,16H2,1H3,(H,17,18). The second kappa shape index (κ2) is 5.80. The number of rotatable bonds is 4. The summed E-state index contributed by atoms with van der Waals surface area (Å²) in [7, 11) is 0. The molecule has 0 aromatic heterocycles. The predicted octanol–water partition coefficient (Wildman–Crippen LogP) is 3.36. The second-order valence-electron chi connectivity index (χ2n) is 4.33. The molecule has 3 N–H and O–H groups in total. The van der Waals surface area contributed by atoms with E-state index in [9.17, 15) is 4.79 Å². The molecule has 4 heteroatoms. The molecule has 2 aromatic carbocycles. The van der Waals surface area contributed by atoms with E-state index in [1.54, 1.807) is 11.8 Å². The lowest BCUT2D eigenvalue weighted by molar-refractivity contribution is -0.136. The average molecular weight is 273 g/mol. The van der Waals surface area contributed by atoms with E-state index >= 15 is 0 Å². The lowest BCUT2D eigenvalue weighted by atomic mass is 10.1. The quantitative estimate of drug-likeness (QED) is 0.838. The van der Waals surface area contributed by atoms with Gasteiger partial charge in [0.2, 0.25) is 0 Å². The third-order valence-corrected chi connectivity index (χ3v) is 3.77. The lowest BCUT2D eigenvalue weighted by Gasteiger charge is -2.07. The van der Waals surface area contributed by atoms with Gasteiger partial charge in [0.05, 0.1) is 6.42 Å². The van der Waals surface area contributed by atoms with Crippen LogP contribution in [0, 0.1) is 6.92 Å². The molecule has 0 aliphatic carbocycles. The Labute approximate surface area is 116 Å².